The van der Waals surface area contributed by atoms with Crippen LogP contribution in [0.4, 0.5) is 0 Å². The van der Waals surface area contributed by atoms with Crippen LogP contribution in [0.3, 0.4) is 0 Å². The van der Waals surface area contributed by atoms with E-state index in [4.69, 9.17) is 0 Å². The summed E-state index contributed by atoms with van der Waals surface area (Å²) in [5.41, 5.74) is 0.918. The third-order valence-corrected chi connectivity index (χ3v) is 6.83. The largest absolute Gasteiger partial charge is 0.0617 e. The molecule has 4 aliphatic rings. The molecule has 0 aromatic carbocycles. The highest BCUT2D eigenvalue weighted by molar-refractivity contribution is 5.24. The van der Waals surface area contributed by atoms with Crippen molar-refractivity contribution in [2.75, 3.05) is 0 Å². The minimum Gasteiger partial charge on any atom is -0.0617 e. The van der Waals surface area contributed by atoms with Gasteiger partial charge in [-0.05, 0) is 60.7 Å². The van der Waals surface area contributed by atoms with Gasteiger partial charge < -0.3 is 0 Å². The first-order valence-corrected chi connectivity index (χ1v) is 7.37. The molecule has 4 aliphatic carbocycles. The first kappa shape index (κ1) is 9.07. The summed E-state index contributed by atoms with van der Waals surface area (Å²) in [7, 11) is 0. The molecule has 5 unspecified atom stereocenters. The van der Waals surface area contributed by atoms with Crippen LogP contribution >= 0.6 is 0 Å². The highest BCUT2D eigenvalue weighted by atomic mass is 14.8. The Balaban J connectivity index is 1.62. The summed E-state index contributed by atoms with van der Waals surface area (Å²) >= 11 is 0. The zero-order chi connectivity index (χ0) is 10.0. The van der Waals surface area contributed by atoms with E-state index >= 15 is 0 Å². The van der Waals surface area contributed by atoms with E-state index in [1.165, 1.54) is 24.2 Å². The molecule has 0 heterocycles. The molecule has 4 fully saturated rings. The second kappa shape index (κ2) is 2.81. The summed E-state index contributed by atoms with van der Waals surface area (Å²) in [6.45, 7) is 2.60. The van der Waals surface area contributed by atoms with Crippen molar-refractivity contribution in [3.8, 4) is 0 Å². The number of fused-ring (bicyclic) bond motifs is 5. The first-order valence-electron chi connectivity index (χ1n) is 7.37. The van der Waals surface area contributed by atoms with Gasteiger partial charge in [0.15, 0.2) is 0 Å². The minimum absolute atomic E-state index is 0.918. The van der Waals surface area contributed by atoms with Crippen molar-refractivity contribution in [1.82, 2.24) is 0 Å². The minimum atomic E-state index is 0.918. The standard InChI is InChI=1S/C15H24/c1-10-11-6-2-3-7-12(11)15(10)13-8-4-5-9-14(13)15/h10-14H,2-9H2,1H3. The number of rotatable bonds is 0. The van der Waals surface area contributed by atoms with E-state index in [0.29, 0.717) is 0 Å². The van der Waals surface area contributed by atoms with Gasteiger partial charge >= 0.3 is 0 Å². The van der Waals surface area contributed by atoms with Crippen molar-refractivity contribution >= 4 is 0 Å². The highest BCUT2D eigenvalue weighted by Crippen LogP contribution is 2.82. The normalized spacial score (nSPS) is 61.8. The Morgan fingerprint density at radius 2 is 1.27 bits per heavy atom. The van der Waals surface area contributed by atoms with Gasteiger partial charge in [0.05, 0.1) is 0 Å². The van der Waals surface area contributed by atoms with E-state index in [2.05, 4.69) is 6.92 Å². The van der Waals surface area contributed by atoms with Gasteiger partial charge in [-0.3, -0.25) is 0 Å². The lowest BCUT2D eigenvalue weighted by molar-refractivity contribution is -0.0829. The molecule has 84 valence electrons. The summed E-state index contributed by atoms with van der Waals surface area (Å²) in [4.78, 5) is 0. The summed E-state index contributed by atoms with van der Waals surface area (Å²) in [5, 5.41) is 0. The second-order valence-corrected chi connectivity index (χ2v) is 6.84. The molecule has 1 spiro atoms. The fourth-order valence-corrected chi connectivity index (χ4v) is 6.41. The smallest absolute Gasteiger partial charge is 0.0176 e. The molecule has 0 saturated heterocycles. The molecule has 5 atom stereocenters. The van der Waals surface area contributed by atoms with Crippen LogP contribution in [0.2, 0.25) is 0 Å². The Kier molecular flexibility index (Phi) is 1.70. The molecule has 0 nitrogen and oxygen atoms in total. The average Bonchev–Trinajstić information content (AvgIpc) is 3.00. The van der Waals surface area contributed by atoms with E-state index in [0.717, 1.165) is 17.3 Å². The lowest BCUT2D eigenvalue weighted by Crippen LogP contribution is -2.50. The Hall–Kier alpha value is 0. The van der Waals surface area contributed by atoms with Crippen molar-refractivity contribution < 1.29 is 0 Å². The Labute approximate surface area is 93.8 Å². The SMILES string of the molecule is CC1C2CCCCC2C12C1CCCCC12. The van der Waals surface area contributed by atoms with E-state index in [9.17, 15) is 0 Å². The van der Waals surface area contributed by atoms with Crippen molar-refractivity contribution in [2.45, 2.75) is 58.3 Å². The molecule has 0 aromatic rings. The van der Waals surface area contributed by atoms with Gasteiger partial charge in [-0.25, -0.2) is 0 Å². The fourth-order valence-electron chi connectivity index (χ4n) is 6.41. The summed E-state index contributed by atoms with van der Waals surface area (Å²) in [6.07, 6.45) is 12.6. The predicted molar refractivity (Wildman–Crippen MR) is 62.5 cm³/mol. The predicted octanol–water partition coefficient (Wildman–Crippen LogP) is 4.25. The monoisotopic (exact) mass is 204 g/mol. The van der Waals surface area contributed by atoms with Gasteiger partial charge in [0.1, 0.15) is 0 Å². The van der Waals surface area contributed by atoms with Crippen LogP contribution in [0.1, 0.15) is 58.3 Å². The second-order valence-electron chi connectivity index (χ2n) is 6.84. The molecule has 0 aliphatic heterocycles. The van der Waals surface area contributed by atoms with Crippen molar-refractivity contribution in [2.24, 2.45) is 35.0 Å². The Morgan fingerprint density at radius 1 is 0.733 bits per heavy atom. The molecule has 15 heavy (non-hydrogen) atoms. The molecule has 4 rings (SSSR count). The molecule has 0 aromatic heterocycles. The van der Waals surface area contributed by atoms with E-state index < -0.39 is 0 Å². The van der Waals surface area contributed by atoms with Crippen LogP contribution in [0.25, 0.3) is 0 Å². The molecular weight excluding hydrogens is 180 g/mol. The van der Waals surface area contributed by atoms with Gasteiger partial charge in [0.25, 0.3) is 0 Å². The van der Waals surface area contributed by atoms with Crippen LogP contribution in [-0.2, 0) is 0 Å². The molecule has 4 saturated carbocycles. The van der Waals surface area contributed by atoms with E-state index in [1.807, 2.05) is 0 Å². The van der Waals surface area contributed by atoms with Crippen molar-refractivity contribution in [3.63, 3.8) is 0 Å². The Bertz CT molecular complexity index is 268. The maximum Gasteiger partial charge on any atom is -0.0176 e. The zero-order valence-corrected chi connectivity index (χ0v) is 10.0. The van der Waals surface area contributed by atoms with E-state index in [1.54, 1.807) is 44.9 Å². The van der Waals surface area contributed by atoms with Gasteiger partial charge in [-0.15, -0.1) is 0 Å². The fraction of sp³-hybridized carbons (Fsp3) is 1.00. The van der Waals surface area contributed by atoms with Crippen molar-refractivity contribution in [1.29, 1.82) is 0 Å². The van der Waals surface area contributed by atoms with Crippen molar-refractivity contribution in [3.05, 3.63) is 0 Å². The summed E-state index contributed by atoms with van der Waals surface area (Å²) in [5.74, 6) is 5.84. The van der Waals surface area contributed by atoms with Gasteiger partial charge in [0.2, 0.25) is 0 Å². The average molecular weight is 204 g/mol. The number of hydrogen-bond acceptors (Lipinski definition) is 0. The highest BCUT2D eigenvalue weighted by Gasteiger charge is 2.77. The number of hydrogen-bond donors (Lipinski definition) is 0. The molecule has 0 bridgehead atoms. The van der Waals surface area contributed by atoms with Gasteiger partial charge in [0, 0.05) is 0 Å². The van der Waals surface area contributed by atoms with Crippen LogP contribution in [0.15, 0.2) is 0 Å². The van der Waals surface area contributed by atoms with Crippen LogP contribution < -0.4 is 0 Å². The Morgan fingerprint density at radius 3 is 1.93 bits per heavy atom. The molecule has 0 heteroatoms. The van der Waals surface area contributed by atoms with Crippen LogP contribution in [0.5, 0.6) is 0 Å². The topological polar surface area (TPSA) is 0 Å². The van der Waals surface area contributed by atoms with E-state index in [-0.39, 0.29) is 0 Å². The summed E-state index contributed by atoms with van der Waals surface area (Å²) in [6, 6.07) is 0. The molecule has 0 N–H and O–H groups in total. The maximum atomic E-state index is 2.60. The summed E-state index contributed by atoms with van der Waals surface area (Å²) < 4.78 is 0. The maximum absolute atomic E-state index is 2.60. The first-order chi connectivity index (χ1) is 7.37. The molecular formula is C15H24. The van der Waals surface area contributed by atoms with Crippen LogP contribution in [-0.4, -0.2) is 0 Å². The van der Waals surface area contributed by atoms with Gasteiger partial charge in [-0.1, -0.05) is 32.6 Å². The molecule has 0 radical (unpaired) electrons. The lowest BCUT2D eigenvalue weighted by atomic mass is 9.48. The third-order valence-electron chi connectivity index (χ3n) is 6.83. The quantitative estimate of drug-likeness (QED) is 0.553. The zero-order valence-electron chi connectivity index (χ0n) is 10.0. The van der Waals surface area contributed by atoms with Gasteiger partial charge in [-0.2, -0.15) is 0 Å². The third kappa shape index (κ3) is 0.875. The lowest BCUT2D eigenvalue weighted by Gasteiger charge is -2.56. The molecule has 0 amide bonds. The van der Waals surface area contributed by atoms with Crippen LogP contribution in [0, 0.1) is 35.0 Å².